The lowest BCUT2D eigenvalue weighted by atomic mass is 10.1. The third-order valence-corrected chi connectivity index (χ3v) is 2.74. The molecule has 1 fully saturated rings. The van der Waals surface area contributed by atoms with Gasteiger partial charge < -0.3 is 4.74 Å². The van der Waals surface area contributed by atoms with Crippen molar-refractivity contribution < 1.29 is 9.53 Å². The molecule has 1 aliphatic rings. The molecule has 0 aromatic rings. The number of hydrogen-bond acceptors (Lipinski definition) is 2. The minimum absolute atomic E-state index is 0.00151. The molecule has 0 saturated heterocycles. The Kier molecular flexibility index (Phi) is 4.57. The summed E-state index contributed by atoms with van der Waals surface area (Å²) in [6, 6.07) is 0. The van der Waals surface area contributed by atoms with Crippen molar-refractivity contribution in [3.63, 3.8) is 0 Å². The van der Waals surface area contributed by atoms with Crippen LogP contribution in [-0.4, -0.2) is 18.5 Å². The molecule has 2 unspecified atom stereocenters. The van der Waals surface area contributed by atoms with Gasteiger partial charge in [0.15, 0.2) is 0 Å². The second kappa shape index (κ2) is 5.48. The van der Waals surface area contributed by atoms with Crippen molar-refractivity contribution in [3.8, 4) is 0 Å². The molecular weight excluding hydrogens is 188 g/mol. The van der Waals surface area contributed by atoms with Crippen molar-refractivity contribution in [2.24, 2.45) is 11.8 Å². The quantitative estimate of drug-likeness (QED) is 0.378. The van der Waals surface area contributed by atoms with Crippen LogP contribution in [0.4, 0.5) is 0 Å². The first kappa shape index (κ1) is 10.8. The fraction of sp³-hybridized carbons (Fsp3) is 0.900. The molecule has 0 heterocycles. The highest BCUT2D eigenvalue weighted by Crippen LogP contribution is 2.43. The highest BCUT2D eigenvalue weighted by Gasteiger charge is 2.43. The zero-order valence-corrected chi connectivity index (χ0v) is 8.85. The third-order valence-electron chi connectivity index (χ3n) is 2.47. The number of carbonyl (C=O) groups is 1. The molecule has 1 aliphatic carbocycles. The summed E-state index contributed by atoms with van der Waals surface area (Å²) < 4.78 is 4.94. The van der Waals surface area contributed by atoms with Crippen molar-refractivity contribution in [1.82, 2.24) is 0 Å². The highest BCUT2D eigenvalue weighted by atomic mass is 35.5. The number of carbonyl (C=O) groups excluding carboxylic acids is 1. The SMILES string of the molecule is CCOC(=O)C1CC1CCCCCl. The first-order chi connectivity index (χ1) is 6.29. The maximum atomic E-state index is 11.2. The Morgan fingerprint density at radius 3 is 2.92 bits per heavy atom. The zero-order chi connectivity index (χ0) is 9.68. The smallest absolute Gasteiger partial charge is 0.309 e. The summed E-state index contributed by atoms with van der Waals surface area (Å²) in [5.41, 5.74) is 0. The Morgan fingerprint density at radius 2 is 2.31 bits per heavy atom. The highest BCUT2D eigenvalue weighted by molar-refractivity contribution is 6.17. The fourth-order valence-corrected chi connectivity index (χ4v) is 1.79. The van der Waals surface area contributed by atoms with Crippen molar-refractivity contribution in [2.45, 2.75) is 32.6 Å². The van der Waals surface area contributed by atoms with E-state index >= 15 is 0 Å². The molecule has 0 N–H and O–H groups in total. The average Bonchev–Trinajstić information content (AvgIpc) is 2.85. The van der Waals surface area contributed by atoms with Crippen LogP contribution in [-0.2, 0) is 9.53 Å². The first-order valence-corrected chi connectivity index (χ1v) is 5.55. The van der Waals surface area contributed by atoms with Gasteiger partial charge in [0.1, 0.15) is 0 Å². The molecule has 3 heteroatoms. The van der Waals surface area contributed by atoms with E-state index < -0.39 is 0 Å². The molecule has 0 aliphatic heterocycles. The van der Waals surface area contributed by atoms with Crippen molar-refractivity contribution >= 4 is 17.6 Å². The summed E-state index contributed by atoms with van der Waals surface area (Å²) in [5.74, 6) is 1.52. The maximum Gasteiger partial charge on any atom is 0.309 e. The Balaban J connectivity index is 2.04. The van der Waals surface area contributed by atoms with Gasteiger partial charge in [-0.2, -0.15) is 0 Å². The molecule has 1 rings (SSSR count). The van der Waals surface area contributed by atoms with E-state index in [9.17, 15) is 4.79 Å². The topological polar surface area (TPSA) is 26.3 Å². The summed E-state index contributed by atoms with van der Waals surface area (Å²) in [6.45, 7) is 2.35. The Labute approximate surface area is 84.6 Å². The summed E-state index contributed by atoms with van der Waals surface area (Å²) in [5, 5.41) is 0. The van der Waals surface area contributed by atoms with E-state index in [1.165, 1.54) is 0 Å². The second-order valence-corrected chi connectivity index (χ2v) is 3.92. The summed E-state index contributed by atoms with van der Waals surface area (Å²) >= 11 is 5.56. The largest absolute Gasteiger partial charge is 0.466 e. The standard InChI is InChI=1S/C10H17ClO2/c1-2-13-10(12)9-7-8(9)5-3-4-6-11/h8-9H,2-7H2,1H3. The molecule has 1 saturated carbocycles. The van der Waals surface area contributed by atoms with Gasteiger partial charge in [0.25, 0.3) is 0 Å². The van der Waals surface area contributed by atoms with Gasteiger partial charge >= 0.3 is 5.97 Å². The number of halogens is 1. The molecule has 13 heavy (non-hydrogen) atoms. The third kappa shape index (κ3) is 3.55. The van der Waals surface area contributed by atoms with Crippen molar-refractivity contribution in [3.05, 3.63) is 0 Å². The van der Waals surface area contributed by atoms with Crippen LogP contribution in [0.25, 0.3) is 0 Å². The van der Waals surface area contributed by atoms with E-state index in [4.69, 9.17) is 16.3 Å². The Hall–Kier alpha value is -0.240. The van der Waals surface area contributed by atoms with Gasteiger partial charge in [0, 0.05) is 5.88 Å². The molecule has 0 amide bonds. The number of unbranched alkanes of at least 4 members (excludes halogenated alkanes) is 1. The second-order valence-electron chi connectivity index (χ2n) is 3.54. The summed E-state index contributed by atoms with van der Waals surface area (Å²) in [6.07, 6.45) is 4.37. The predicted octanol–water partition coefficient (Wildman–Crippen LogP) is 2.59. The molecular formula is C10H17ClO2. The number of esters is 1. The van der Waals surface area contributed by atoms with Crippen LogP contribution in [0.1, 0.15) is 32.6 Å². The van der Waals surface area contributed by atoms with Crippen molar-refractivity contribution in [2.75, 3.05) is 12.5 Å². The minimum atomic E-state index is -0.00151. The Bertz CT molecular complexity index is 170. The molecule has 0 bridgehead atoms. The van der Waals surface area contributed by atoms with Gasteiger partial charge in [0.2, 0.25) is 0 Å². The van der Waals surface area contributed by atoms with E-state index in [-0.39, 0.29) is 11.9 Å². The summed E-state index contributed by atoms with van der Waals surface area (Å²) in [4.78, 5) is 11.2. The van der Waals surface area contributed by atoms with E-state index in [0.717, 1.165) is 31.6 Å². The molecule has 2 nitrogen and oxygen atoms in total. The normalized spacial score (nSPS) is 25.7. The molecule has 2 atom stereocenters. The van der Waals surface area contributed by atoms with Gasteiger partial charge in [-0.25, -0.2) is 0 Å². The van der Waals surface area contributed by atoms with Crippen LogP contribution in [0.5, 0.6) is 0 Å². The predicted molar refractivity (Wildman–Crippen MR) is 52.8 cm³/mol. The lowest BCUT2D eigenvalue weighted by Gasteiger charge is -2.00. The first-order valence-electron chi connectivity index (χ1n) is 5.02. The van der Waals surface area contributed by atoms with E-state index in [2.05, 4.69) is 0 Å². The Morgan fingerprint density at radius 1 is 1.54 bits per heavy atom. The summed E-state index contributed by atoms with van der Waals surface area (Å²) in [7, 11) is 0. The van der Waals surface area contributed by atoms with Gasteiger partial charge in [-0.15, -0.1) is 11.6 Å². The average molecular weight is 205 g/mol. The number of alkyl halides is 1. The number of ether oxygens (including phenoxy) is 1. The van der Waals surface area contributed by atoms with Crippen LogP contribution in [0, 0.1) is 11.8 Å². The monoisotopic (exact) mass is 204 g/mol. The van der Waals surface area contributed by atoms with Crippen LogP contribution in [0.2, 0.25) is 0 Å². The lowest BCUT2D eigenvalue weighted by Crippen LogP contribution is -2.07. The van der Waals surface area contributed by atoms with Gasteiger partial charge in [-0.1, -0.05) is 6.42 Å². The van der Waals surface area contributed by atoms with Crippen LogP contribution >= 0.6 is 11.6 Å². The van der Waals surface area contributed by atoms with Gasteiger partial charge in [-0.3, -0.25) is 4.79 Å². The molecule has 0 aromatic carbocycles. The molecule has 0 radical (unpaired) electrons. The van der Waals surface area contributed by atoms with Gasteiger partial charge in [0.05, 0.1) is 12.5 Å². The molecule has 0 aromatic heterocycles. The fourth-order valence-electron chi connectivity index (χ4n) is 1.61. The van der Waals surface area contributed by atoms with Crippen LogP contribution < -0.4 is 0 Å². The maximum absolute atomic E-state index is 11.2. The van der Waals surface area contributed by atoms with Gasteiger partial charge in [-0.05, 0) is 32.1 Å². The van der Waals surface area contributed by atoms with E-state index in [1.807, 2.05) is 6.92 Å². The lowest BCUT2D eigenvalue weighted by molar-refractivity contribution is -0.145. The van der Waals surface area contributed by atoms with E-state index in [1.54, 1.807) is 0 Å². The van der Waals surface area contributed by atoms with Crippen LogP contribution in [0.15, 0.2) is 0 Å². The molecule has 0 spiro atoms. The van der Waals surface area contributed by atoms with Crippen molar-refractivity contribution in [1.29, 1.82) is 0 Å². The zero-order valence-electron chi connectivity index (χ0n) is 8.09. The molecule has 76 valence electrons. The van der Waals surface area contributed by atoms with Crippen LogP contribution in [0.3, 0.4) is 0 Å². The number of hydrogen-bond donors (Lipinski definition) is 0. The minimum Gasteiger partial charge on any atom is -0.466 e. The van der Waals surface area contributed by atoms with E-state index in [0.29, 0.717) is 12.5 Å². The number of rotatable bonds is 6.